The molecule has 1 amide bonds. The zero-order chi connectivity index (χ0) is 28.0. The van der Waals surface area contributed by atoms with Gasteiger partial charge in [-0.2, -0.15) is 0 Å². The molecule has 0 aliphatic carbocycles. The maximum Gasteiger partial charge on any atom is 0.313 e. The molecule has 0 N–H and O–H groups in total. The summed E-state index contributed by atoms with van der Waals surface area (Å²) in [7, 11) is 2.07. The normalized spacial score (nSPS) is 17.9. The highest BCUT2D eigenvalue weighted by molar-refractivity contribution is 6.38. The first-order valence-electron chi connectivity index (χ1n) is 13.5. The second kappa shape index (κ2) is 10.9. The van der Waals surface area contributed by atoms with Crippen LogP contribution in [0.4, 0.5) is 0 Å². The Morgan fingerprint density at radius 2 is 1.90 bits per heavy atom. The average Bonchev–Trinajstić information content (AvgIpc) is 3.34. The van der Waals surface area contributed by atoms with E-state index >= 15 is 0 Å². The van der Waals surface area contributed by atoms with Crippen molar-refractivity contribution in [3.8, 4) is 17.0 Å². The largest absolute Gasteiger partial charge is 0.472 e. The molecule has 0 bridgehead atoms. The van der Waals surface area contributed by atoms with E-state index in [1.54, 1.807) is 15.5 Å². The van der Waals surface area contributed by atoms with Gasteiger partial charge in [0.1, 0.15) is 6.61 Å². The highest BCUT2D eigenvalue weighted by atomic mass is 35.5. The fourth-order valence-electron chi connectivity index (χ4n) is 5.86. The molecule has 1 atom stereocenters. The Morgan fingerprint density at radius 3 is 2.62 bits per heavy atom. The topological polar surface area (TPSA) is 67.7 Å². The molecule has 2 aliphatic heterocycles. The van der Waals surface area contributed by atoms with Crippen LogP contribution in [0.15, 0.2) is 66.0 Å². The van der Waals surface area contributed by atoms with Crippen molar-refractivity contribution in [3.05, 3.63) is 81.6 Å². The molecule has 2 aliphatic rings. The summed E-state index contributed by atoms with van der Waals surface area (Å²) in [5, 5.41) is 3.04. The lowest BCUT2D eigenvalue weighted by Crippen LogP contribution is -2.51. The van der Waals surface area contributed by atoms with Crippen LogP contribution in [0.1, 0.15) is 12.8 Å². The van der Waals surface area contributed by atoms with Crippen LogP contribution in [0.2, 0.25) is 10.0 Å². The van der Waals surface area contributed by atoms with E-state index in [4.69, 9.17) is 32.9 Å². The van der Waals surface area contributed by atoms with E-state index in [0.717, 1.165) is 41.3 Å². The van der Waals surface area contributed by atoms with Crippen molar-refractivity contribution in [2.75, 3.05) is 33.3 Å². The molecule has 2 saturated heterocycles. The maximum absolute atomic E-state index is 13.7. The maximum atomic E-state index is 13.7. The predicted octanol–water partition coefficient (Wildman–Crippen LogP) is 5.64. The molecule has 0 radical (unpaired) electrons. The average molecular weight is 578 g/mol. The molecule has 2 fully saturated rings. The van der Waals surface area contributed by atoms with Crippen molar-refractivity contribution in [2.24, 2.45) is 5.92 Å². The number of carbonyl (C=O) groups is 1. The van der Waals surface area contributed by atoms with Crippen molar-refractivity contribution in [2.45, 2.75) is 25.4 Å². The van der Waals surface area contributed by atoms with E-state index in [0.29, 0.717) is 47.3 Å². The molecule has 3 heterocycles. The van der Waals surface area contributed by atoms with Crippen LogP contribution < -0.4 is 10.3 Å². The Hall–Kier alpha value is -3.39. The van der Waals surface area contributed by atoms with Gasteiger partial charge in [0.15, 0.2) is 0 Å². The first kappa shape index (κ1) is 26.8. The van der Waals surface area contributed by atoms with Gasteiger partial charge in [-0.05, 0) is 61.7 Å². The van der Waals surface area contributed by atoms with E-state index in [1.807, 2.05) is 42.5 Å². The predicted molar refractivity (Wildman–Crippen MR) is 160 cm³/mol. The lowest BCUT2D eigenvalue weighted by Gasteiger charge is -2.39. The number of aromatic nitrogens is 2. The van der Waals surface area contributed by atoms with Crippen LogP contribution in [0.3, 0.4) is 0 Å². The molecule has 7 nitrogen and oxygen atoms in total. The van der Waals surface area contributed by atoms with Gasteiger partial charge in [-0.1, -0.05) is 60.1 Å². The Labute approximate surface area is 242 Å². The number of amides is 1. The lowest BCUT2D eigenvalue weighted by atomic mass is 9.97. The van der Waals surface area contributed by atoms with Crippen molar-refractivity contribution in [3.63, 3.8) is 0 Å². The minimum atomic E-state index is -0.293. The smallest absolute Gasteiger partial charge is 0.313 e. The molecular weight excluding hydrogens is 547 g/mol. The number of fused-ring (bicyclic) bond motifs is 2. The van der Waals surface area contributed by atoms with Crippen LogP contribution >= 0.6 is 23.2 Å². The van der Waals surface area contributed by atoms with Crippen molar-refractivity contribution in [1.29, 1.82) is 0 Å². The lowest BCUT2D eigenvalue weighted by molar-refractivity contribution is -0.132. The van der Waals surface area contributed by atoms with E-state index in [1.165, 1.54) is 6.08 Å². The first-order valence-corrected chi connectivity index (χ1v) is 14.3. The number of hydrogen-bond donors (Lipinski definition) is 0. The molecule has 3 aromatic carbocycles. The molecule has 9 heteroatoms. The van der Waals surface area contributed by atoms with Crippen LogP contribution in [0, 0.1) is 5.92 Å². The molecule has 4 aromatic rings. The summed E-state index contributed by atoms with van der Waals surface area (Å²) in [6.45, 7) is 6.52. The third kappa shape index (κ3) is 4.87. The van der Waals surface area contributed by atoms with E-state index in [9.17, 15) is 9.59 Å². The van der Waals surface area contributed by atoms with Crippen LogP contribution in [0.25, 0.3) is 32.9 Å². The number of benzene rings is 3. The minimum Gasteiger partial charge on any atom is -0.472 e. The molecule has 206 valence electrons. The summed E-state index contributed by atoms with van der Waals surface area (Å²) in [6, 6.07) is 15.7. The van der Waals surface area contributed by atoms with Crippen molar-refractivity contribution in [1.82, 2.24) is 19.4 Å². The number of halogens is 2. The van der Waals surface area contributed by atoms with Crippen molar-refractivity contribution < 1.29 is 9.53 Å². The Bertz CT molecular complexity index is 1690. The molecule has 0 unspecified atom stereocenters. The second-order valence-corrected chi connectivity index (χ2v) is 11.5. The Balaban J connectivity index is 1.44. The number of rotatable bonds is 7. The second-order valence-electron chi connectivity index (χ2n) is 10.7. The van der Waals surface area contributed by atoms with Gasteiger partial charge in [0, 0.05) is 47.6 Å². The van der Waals surface area contributed by atoms with Gasteiger partial charge in [-0.3, -0.25) is 9.59 Å². The number of ether oxygens (including phenoxy) is 1. The fraction of sp³-hybridized carbons (Fsp3) is 0.323. The number of hydrogen-bond acceptors (Lipinski definition) is 5. The monoisotopic (exact) mass is 576 g/mol. The highest BCUT2D eigenvalue weighted by Gasteiger charge is 2.31. The molecule has 0 saturated carbocycles. The summed E-state index contributed by atoms with van der Waals surface area (Å²) in [5.41, 5.74) is 2.61. The zero-order valence-electron chi connectivity index (χ0n) is 22.3. The Morgan fingerprint density at radius 1 is 1.12 bits per heavy atom. The third-order valence-electron chi connectivity index (χ3n) is 8.12. The van der Waals surface area contributed by atoms with E-state index < -0.39 is 0 Å². The summed E-state index contributed by atoms with van der Waals surface area (Å²) < 4.78 is 7.79. The van der Waals surface area contributed by atoms with Gasteiger partial charge >= 0.3 is 5.56 Å². The summed E-state index contributed by atoms with van der Waals surface area (Å²) in [5.74, 6) is 0.0982. The van der Waals surface area contributed by atoms with Gasteiger partial charge < -0.3 is 19.1 Å². The zero-order valence-corrected chi connectivity index (χ0v) is 23.8. The van der Waals surface area contributed by atoms with Gasteiger partial charge in [-0.15, -0.1) is 0 Å². The minimum absolute atomic E-state index is 0.0790. The number of likely N-dealkylation sites (tertiary alicyclic amines) is 2. The number of nitrogens with zero attached hydrogens (tertiary/aromatic N) is 4. The van der Waals surface area contributed by atoms with E-state index in [2.05, 4.69) is 18.5 Å². The van der Waals surface area contributed by atoms with Gasteiger partial charge in [0.2, 0.25) is 5.91 Å². The van der Waals surface area contributed by atoms with Crippen molar-refractivity contribution >= 4 is 50.9 Å². The summed E-state index contributed by atoms with van der Waals surface area (Å²) in [4.78, 5) is 34.4. The quantitative estimate of drug-likeness (QED) is 0.266. The highest BCUT2D eigenvalue weighted by Crippen LogP contribution is 2.39. The first-order chi connectivity index (χ1) is 19.3. The number of likely N-dealkylation sites (N-methyl/N-ethyl adjacent to an activating group) is 1. The van der Waals surface area contributed by atoms with Gasteiger partial charge in [-0.25, -0.2) is 4.98 Å². The summed E-state index contributed by atoms with van der Waals surface area (Å²) >= 11 is 13.5. The van der Waals surface area contributed by atoms with Gasteiger partial charge in [0.25, 0.3) is 5.88 Å². The SMILES string of the molecule is C=CC(=O)N1CC(Cn2c(=O)c(OC[C@@H]3CCCN3C)nc3cc(-c4cccc5cccc(Cl)c45)c(Cl)cc32)C1. The van der Waals surface area contributed by atoms with Crippen LogP contribution in [-0.4, -0.2) is 64.6 Å². The number of carbonyl (C=O) groups excluding carboxylic acids is 1. The molecule has 40 heavy (non-hydrogen) atoms. The standard InChI is InChI=1S/C31H30Cl2N4O3/c1-3-28(38)36-15-19(16-36)17-37-27-14-25(33)23(22-10-4-7-20-8-5-11-24(32)29(20)22)13-26(27)34-30(31(37)39)40-18-21-9-6-12-35(21)2/h3-5,7-8,10-11,13-14,19,21H,1,6,9,12,15-18H2,2H3/t21-/m0/s1. The fourth-order valence-corrected chi connectivity index (χ4v) is 6.40. The molecule has 6 rings (SSSR count). The van der Waals surface area contributed by atoms with Gasteiger partial charge in [0.05, 0.1) is 16.1 Å². The van der Waals surface area contributed by atoms with Crippen LogP contribution in [-0.2, 0) is 11.3 Å². The van der Waals surface area contributed by atoms with E-state index in [-0.39, 0.29) is 29.3 Å². The molecular formula is C31H30Cl2N4O3. The summed E-state index contributed by atoms with van der Waals surface area (Å²) in [6.07, 6.45) is 3.45. The third-order valence-corrected chi connectivity index (χ3v) is 8.75. The molecule has 0 spiro atoms. The van der Waals surface area contributed by atoms with Crippen LogP contribution in [0.5, 0.6) is 5.88 Å². The molecule has 1 aromatic heterocycles. The Kier molecular flexibility index (Phi) is 7.29.